The number of nitrogens with zero attached hydrogens (tertiary/aromatic N) is 9. The van der Waals surface area contributed by atoms with E-state index >= 15 is 4.39 Å². The summed E-state index contributed by atoms with van der Waals surface area (Å²) in [6, 6.07) is 32.6. The van der Waals surface area contributed by atoms with Gasteiger partial charge < -0.3 is 44.1 Å². The van der Waals surface area contributed by atoms with E-state index in [1.165, 1.54) is 42.1 Å². The molecule has 4 N–H and O–H groups in total. The molecule has 6 heterocycles. The van der Waals surface area contributed by atoms with Crippen LogP contribution in [0.15, 0.2) is 159 Å². The third kappa shape index (κ3) is 20.1. The highest BCUT2D eigenvalue weighted by Crippen LogP contribution is 2.46. The van der Waals surface area contributed by atoms with E-state index in [4.69, 9.17) is 25.8 Å². The van der Waals surface area contributed by atoms with Gasteiger partial charge in [-0.25, -0.2) is 29.6 Å². The number of ether oxygens (including phenoxy) is 3. The van der Waals surface area contributed by atoms with Crippen molar-refractivity contribution < 1.29 is 81.0 Å². The minimum atomic E-state index is -6.15. The molecule has 0 saturated carbocycles. The standard InChI is InChI=1S/C78H88ClF4N13O14S4/c1-51(2)95-52(3)74(112(4,102)103)71(73(95)53-15-17-55(79)18-16-53)54-44-56(80)46-61(45-54)92-37-35-91(36-38-92)60-21-19-57(20-22-60)88-114(106,107)63-23-24-65(68(47-63)113(104,105)78(81,82)83)85-58(50-111-62-10-6-5-7-11-62)27-30-90-31-33-93(34-32-90)70(98)14-9-29-94-48-59(87-89-94)49-110-43-42-109-41-40-108-39-28-84-66-13-8-12-64-72(66)77(101)96(76(64)100)67-25-26-69(97)86-75(67)99/h5-8,10-13,15-24,44-48,51,58,67,84-85,88H,9,14,25-43,49-50H2,1-4H3,(H,86,97,99). The Morgan fingerprint density at radius 3 is 2.09 bits per heavy atom. The number of aromatic nitrogens is 4. The molecule has 27 nitrogen and oxygen atoms in total. The number of sulfone groups is 2. The van der Waals surface area contributed by atoms with Crippen LogP contribution in [0.2, 0.25) is 5.02 Å². The number of nitrogens with one attached hydrogen (secondary N) is 4. The van der Waals surface area contributed by atoms with Gasteiger partial charge in [0.15, 0.2) is 9.84 Å². The average molecular weight is 1670 g/mol. The first-order chi connectivity index (χ1) is 54.4. The summed E-state index contributed by atoms with van der Waals surface area (Å²) in [5.41, 5.74) is -1.06. The zero-order valence-corrected chi connectivity index (χ0v) is 67.1. The van der Waals surface area contributed by atoms with Crippen LogP contribution in [-0.2, 0) is 71.4 Å². The lowest BCUT2D eigenvalue weighted by molar-refractivity contribution is -0.136. The molecular weight excluding hydrogens is 1580 g/mol. The third-order valence-electron chi connectivity index (χ3n) is 20.0. The zero-order valence-electron chi connectivity index (χ0n) is 63.0. The Morgan fingerprint density at radius 1 is 0.728 bits per heavy atom. The molecule has 12 rings (SSSR count). The number of hydrogen-bond donors (Lipinski definition) is 4. The second kappa shape index (κ2) is 36.6. The molecule has 0 spiro atoms. The fraction of sp³-hybridized carbons (Fsp3) is 0.397. The molecule has 2 atom stereocenters. The van der Waals surface area contributed by atoms with Crippen molar-refractivity contribution in [3.8, 4) is 22.4 Å². The Bertz CT molecular complexity index is 5180. The fourth-order valence-electron chi connectivity index (χ4n) is 14.4. The van der Waals surface area contributed by atoms with Crippen LogP contribution < -0.4 is 30.5 Å². The van der Waals surface area contributed by atoms with Gasteiger partial charge in [-0.1, -0.05) is 53.2 Å². The van der Waals surface area contributed by atoms with Crippen LogP contribution in [0.1, 0.15) is 84.1 Å². The Hall–Kier alpha value is -9.46. The van der Waals surface area contributed by atoms with E-state index in [0.29, 0.717) is 147 Å². The van der Waals surface area contributed by atoms with E-state index in [1.807, 2.05) is 58.5 Å². The van der Waals surface area contributed by atoms with Crippen LogP contribution in [0, 0.1) is 12.7 Å². The normalized spacial score (nSPS) is 16.2. The number of thioether (sulfide) groups is 1. The lowest BCUT2D eigenvalue weighted by atomic mass is 9.99. The molecule has 2 unspecified atom stereocenters. The SMILES string of the molecule is Cc1c(S(C)(=O)=O)c(-c2cc(F)cc(N3CCN(c4ccc(NS(=O)(=O)c5ccc(NC(CCN6CCN(C(=O)CCCn7cc(COCCOCCOCCNc8cccc9c8C(=O)N(C8CCC(=O)NC8=O)C9=O)nn7)CC6)CSc6ccccc6)c(S(=O)(=O)C(F)(F)F)c5)cc4)CC3)c2)c(-c2ccc(Cl)cc2)n1C(C)C. The van der Waals surface area contributed by atoms with Gasteiger partial charge in [0, 0.05) is 153 Å². The zero-order chi connectivity index (χ0) is 81.2. The lowest BCUT2D eigenvalue weighted by Crippen LogP contribution is -2.54. The predicted molar refractivity (Wildman–Crippen MR) is 424 cm³/mol. The van der Waals surface area contributed by atoms with E-state index in [-0.39, 0.29) is 98.3 Å². The maximum atomic E-state index is 15.9. The van der Waals surface area contributed by atoms with Gasteiger partial charge in [-0.05, 0) is 148 Å². The minimum Gasteiger partial charge on any atom is -0.382 e. The van der Waals surface area contributed by atoms with Crippen LogP contribution in [0.4, 0.5) is 46.0 Å². The van der Waals surface area contributed by atoms with Crippen LogP contribution in [0.5, 0.6) is 0 Å². The molecule has 114 heavy (non-hydrogen) atoms. The van der Waals surface area contributed by atoms with E-state index in [2.05, 4.69) is 35.9 Å². The molecule has 3 fully saturated rings. The number of alkyl halides is 3. The number of anilines is 5. The summed E-state index contributed by atoms with van der Waals surface area (Å²) in [7, 11) is -14.7. The number of amides is 5. The Morgan fingerprint density at radius 2 is 1.41 bits per heavy atom. The van der Waals surface area contributed by atoms with Crippen LogP contribution >= 0.6 is 23.4 Å². The van der Waals surface area contributed by atoms with Gasteiger partial charge in [0.1, 0.15) is 22.4 Å². The minimum absolute atomic E-state index is 0.0222. The Balaban J connectivity index is 0.585. The molecule has 0 radical (unpaired) electrons. The summed E-state index contributed by atoms with van der Waals surface area (Å²) >= 11 is 7.68. The molecule has 0 bridgehead atoms. The van der Waals surface area contributed by atoms with Crippen molar-refractivity contribution in [1.29, 1.82) is 0 Å². The van der Waals surface area contributed by atoms with Crippen molar-refractivity contribution in [2.24, 2.45) is 0 Å². The van der Waals surface area contributed by atoms with Crippen LogP contribution in [0.25, 0.3) is 22.4 Å². The summed E-state index contributed by atoms with van der Waals surface area (Å²) < 4.78 is 165. The molecule has 0 aliphatic carbocycles. The van der Waals surface area contributed by atoms with E-state index < -0.39 is 92.2 Å². The topological polar surface area (TPSA) is 315 Å². The van der Waals surface area contributed by atoms with Gasteiger partial charge in [-0.15, -0.1) is 16.9 Å². The van der Waals surface area contributed by atoms with Crippen molar-refractivity contribution in [1.82, 2.24) is 39.6 Å². The highest BCUT2D eigenvalue weighted by Gasteiger charge is 2.49. The fourth-order valence-corrected chi connectivity index (χ4v) is 18.9. The molecule has 3 saturated heterocycles. The highest BCUT2D eigenvalue weighted by molar-refractivity contribution is 7.99. The summed E-state index contributed by atoms with van der Waals surface area (Å²) in [5, 5.41) is 17.2. The molecule has 5 amide bonds. The maximum Gasteiger partial charge on any atom is 0.501 e. The van der Waals surface area contributed by atoms with Crippen molar-refractivity contribution in [2.75, 3.05) is 136 Å². The number of imide groups is 2. The first-order valence-corrected chi connectivity index (χ1v) is 43.4. The monoisotopic (exact) mass is 1670 g/mol. The van der Waals surface area contributed by atoms with Crippen LogP contribution in [-0.4, -0.2) is 217 Å². The van der Waals surface area contributed by atoms with E-state index in [0.717, 1.165) is 28.2 Å². The number of rotatable bonds is 35. The van der Waals surface area contributed by atoms with Crippen LogP contribution in [0.3, 0.4) is 0 Å². The van der Waals surface area contributed by atoms with E-state index in [9.17, 15) is 62.4 Å². The van der Waals surface area contributed by atoms with Gasteiger partial charge in [0.25, 0.3) is 31.7 Å². The molecule has 36 heteroatoms. The molecule has 4 aliphatic heterocycles. The number of benzene rings is 6. The highest BCUT2D eigenvalue weighted by atomic mass is 35.5. The number of hydrogen-bond acceptors (Lipinski definition) is 22. The lowest BCUT2D eigenvalue weighted by Gasteiger charge is -2.37. The molecule has 8 aromatic rings. The van der Waals surface area contributed by atoms with Gasteiger partial charge in [0.05, 0.1) is 78.1 Å². The number of aryl methyl sites for hydroxylation is 1. The molecule has 2 aromatic heterocycles. The largest absolute Gasteiger partial charge is 0.501 e. The van der Waals surface area contributed by atoms with Crippen molar-refractivity contribution in [2.45, 2.75) is 109 Å². The molecule has 4 aliphatic rings. The molecule has 6 aromatic carbocycles. The molecule has 608 valence electrons. The first-order valence-electron chi connectivity index (χ1n) is 37.2. The van der Waals surface area contributed by atoms with E-state index in [1.54, 1.807) is 77.3 Å². The smallest absolute Gasteiger partial charge is 0.382 e. The number of piperidine rings is 1. The average Bonchev–Trinajstić information content (AvgIpc) is 1.24. The van der Waals surface area contributed by atoms with Crippen molar-refractivity contribution in [3.05, 3.63) is 173 Å². The second-order valence-electron chi connectivity index (χ2n) is 28.2. The van der Waals surface area contributed by atoms with Gasteiger partial charge in [0.2, 0.25) is 17.7 Å². The molecular formula is C78H88ClF4N13O14S4. The number of piperazine rings is 2. The first kappa shape index (κ1) is 84.0. The summed E-state index contributed by atoms with van der Waals surface area (Å²) in [6.07, 6.45) is 4.02. The number of sulfonamides is 1. The Kier molecular flexibility index (Phi) is 26.9. The third-order valence-corrected chi connectivity index (χ3v) is 25.6. The number of halogens is 5. The number of carbonyl (C=O) groups excluding carboxylic acids is 5. The maximum absolute atomic E-state index is 15.9. The van der Waals surface area contributed by atoms with Crippen molar-refractivity contribution >= 4 is 111 Å². The van der Waals surface area contributed by atoms with Gasteiger partial charge >= 0.3 is 5.51 Å². The summed E-state index contributed by atoms with van der Waals surface area (Å²) in [6.45, 7) is 11.9. The quantitative estimate of drug-likeness (QED) is 0.0124. The second-order valence-corrected chi connectivity index (χ2v) is 35.3. The summed E-state index contributed by atoms with van der Waals surface area (Å²) in [4.78, 5) is 71.8. The Labute approximate surface area is 667 Å². The van der Waals surface area contributed by atoms with Crippen molar-refractivity contribution in [3.63, 3.8) is 0 Å². The van der Waals surface area contributed by atoms with Gasteiger partial charge in [-0.2, -0.15) is 13.2 Å². The predicted octanol–water partition coefficient (Wildman–Crippen LogP) is 10.6. The number of carbonyl (C=O) groups is 5. The van der Waals surface area contributed by atoms with Gasteiger partial charge in [-0.3, -0.25) is 48.5 Å². The number of fused-ring (bicyclic) bond motifs is 1. The summed E-state index contributed by atoms with van der Waals surface area (Å²) in [5.74, 6) is -2.67.